The average molecular weight is 334 g/mol. The molecule has 1 aliphatic heterocycles. The number of aromatic nitrogens is 4. The van der Waals surface area contributed by atoms with E-state index in [0.717, 1.165) is 25.9 Å². The summed E-state index contributed by atoms with van der Waals surface area (Å²) in [5, 5.41) is 4.90. The summed E-state index contributed by atoms with van der Waals surface area (Å²) in [4.78, 5) is 21.5. The molecular weight excluding hydrogens is 321 g/mol. The molecule has 0 saturated carbocycles. The molecule has 1 saturated heterocycles. The molecule has 6 nitrogen and oxygen atoms in total. The van der Waals surface area contributed by atoms with Gasteiger partial charge in [0.15, 0.2) is 5.65 Å². The summed E-state index contributed by atoms with van der Waals surface area (Å²) in [5.41, 5.74) is 0.589. The lowest BCUT2D eigenvalue weighted by molar-refractivity contribution is 0.627. The van der Waals surface area contributed by atoms with E-state index in [2.05, 4.69) is 15.1 Å². The third kappa shape index (κ3) is 2.46. The fourth-order valence-corrected chi connectivity index (χ4v) is 3.03. The lowest BCUT2D eigenvalue weighted by Gasteiger charge is -2.14. The Morgan fingerprint density at radius 3 is 2.78 bits per heavy atom. The van der Waals surface area contributed by atoms with Gasteiger partial charge in [0.1, 0.15) is 11.2 Å². The van der Waals surface area contributed by atoms with E-state index in [1.165, 1.54) is 22.9 Å². The highest BCUT2D eigenvalue weighted by molar-refractivity contribution is 6.32. The van der Waals surface area contributed by atoms with Crippen LogP contribution in [-0.2, 0) is 0 Å². The first kappa shape index (κ1) is 14.2. The summed E-state index contributed by atoms with van der Waals surface area (Å²) in [5.74, 6) is 0.109. The number of hydrogen-bond acceptors (Lipinski definition) is 4. The molecule has 0 bridgehead atoms. The molecule has 2 aromatic heterocycles. The summed E-state index contributed by atoms with van der Waals surface area (Å²) in [6, 6.07) is 4.01. The quantitative estimate of drug-likeness (QED) is 0.782. The number of anilines is 1. The van der Waals surface area contributed by atoms with Crippen molar-refractivity contribution in [3.8, 4) is 5.69 Å². The number of halogens is 2. The highest BCUT2D eigenvalue weighted by Crippen LogP contribution is 2.23. The molecule has 3 aromatic rings. The maximum Gasteiger partial charge on any atom is 0.263 e. The molecule has 23 heavy (non-hydrogen) atoms. The number of H-pyrrole nitrogens is 1. The average Bonchev–Trinajstić information content (AvgIpc) is 3.16. The van der Waals surface area contributed by atoms with Gasteiger partial charge in [-0.3, -0.25) is 9.78 Å². The van der Waals surface area contributed by atoms with Gasteiger partial charge in [-0.1, -0.05) is 11.6 Å². The zero-order valence-electron chi connectivity index (χ0n) is 12.1. The first-order chi connectivity index (χ1) is 11.1. The summed E-state index contributed by atoms with van der Waals surface area (Å²) in [7, 11) is 0. The van der Waals surface area contributed by atoms with Crippen molar-refractivity contribution < 1.29 is 4.39 Å². The zero-order valence-corrected chi connectivity index (χ0v) is 12.8. The van der Waals surface area contributed by atoms with Crippen molar-refractivity contribution in [2.45, 2.75) is 12.8 Å². The zero-order chi connectivity index (χ0) is 16.0. The molecule has 8 heteroatoms. The van der Waals surface area contributed by atoms with Crippen LogP contribution >= 0.6 is 11.6 Å². The molecule has 0 amide bonds. The monoisotopic (exact) mass is 333 g/mol. The van der Waals surface area contributed by atoms with Gasteiger partial charge in [0.05, 0.1) is 10.7 Å². The Morgan fingerprint density at radius 1 is 1.26 bits per heavy atom. The maximum absolute atomic E-state index is 13.2. The van der Waals surface area contributed by atoms with E-state index in [4.69, 9.17) is 11.6 Å². The van der Waals surface area contributed by atoms with Crippen molar-refractivity contribution in [1.82, 2.24) is 19.7 Å². The number of nitrogens with zero attached hydrogens (tertiary/aromatic N) is 4. The number of hydrogen-bond donors (Lipinski definition) is 1. The minimum Gasteiger partial charge on any atom is -0.342 e. The Bertz CT molecular complexity index is 945. The Hall–Kier alpha value is -2.41. The number of rotatable bonds is 2. The second-order valence-corrected chi connectivity index (χ2v) is 5.90. The Labute approximate surface area is 135 Å². The minimum atomic E-state index is -0.428. The standard InChI is InChI=1S/C15H13ClFN5O/c16-11-7-9(17)3-4-12(11)22-8-10-13(20-22)18-15(19-14(10)23)21-5-1-2-6-21/h3-4,7-8H,1-2,5-6H2,(H,18,19,20,23). The van der Waals surface area contributed by atoms with Gasteiger partial charge in [-0.15, -0.1) is 5.10 Å². The predicted molar refractivity (Wildman–Crippen MR) is 85.9 cm³/mol. The van der Waals surface area contributed by atoms with E-state index < -0.39 is 5.82 Å². The van der Waals surface area contributed by atoms with Gasteiger partial charge in [-0.05, 0) is 31.0 Å². The smallest absolute Gasteiger partial charge is 0.263 e. The van der Waals surface area contributed by atoms with Crippen molar-refractivity contribution in [3.63, 3.8) is 0 Å². The summed E-state index contributed by atoms with van der Waals surface area (Å²) in [6.45, 7) is 1.75. The Morgan fingerprint density at radius 2 is 2.04 bits per heavy atom. The van der Waals surface area contributed by atoms with Gasteiger partial charge >= 0.3 is 0 Å². The van der Waals surface area contributed by atoms with Crippen LogP contribution in [0.4, 0.5) is 10.3 Å². The number of aromatic amines is 1. The van der Waals surface area contributed by atoms with Crippen molar-refractivity contribution in [2.75, 3.05) is 18.0 Å². The van der Waals surface area contributed by atoms with Crippen molar-refractivity contribution in [2.24, 2.45) is 0 Å². The van der Waals surface area contributed by atoms with E-state index in [9.17, 15) is 9.18 Å². The van der Waals surface area contributed by atoms with Crippen LogP contribution in [0.15, 0.2) is 29.2 Å². The molecule has 0 atom stereocenters. The molecule has 0 aliphatic carbocycles. The maximum atomic E-state index is 13.2. The highest BCUT2D eigenvalue weighted by atomic mass is 35.5. The van der Waals surface area contributed by atoms with Crippen LogP contribution in [0.3, 0.4) is 0 Å². The third-order valence-electron chi connectivity index (χ3n) is 3.94. The predicted octanol–water partition coefficient (Wildman–Crippen LogP) is 2.50. The van der Waals surface area contributed by atoms with Crippen LogP contribution < -0.4 is 10.5 Å². The summed E-state index contributed by atoms with van der Waals surface area (Å²) < 4.78 is 14.6. The molecule has 4 rings (SSSR count). The van der Waals surface area contributed by atoms with Gasteiger partial charge in [0.25, 0.3) is 5.56 Å². The Kier molecular flexibility index (Phi) is 3.30. The normalized spacial score (nSPS) is 14.8. The van der Waals surface area contributed by atoms with Crippen LogP contribution in [-0.4, -0.2) is 32.8 Å². The highest BCUT2D eigenvalue weighted by Gasteiger charge is 2.17. The molecule has 3 heterocycles. The number of fused-ring (bicyclic) bond motifs is 1. The molecular formula is C15H13ClFN5O. The van der Waals surface area contributed by atoms with Crippen LogP contribution in [0.5, 0.6) is 0 Å². The fraction of sp³-hybridized carbons (Fsp3) is 0.267. The summed E-state index contributed by atoms with van der Waals surface area (Å²) in [6.07, 6.45) is 3.72. The van der Waals surface area contributed by atoms with E-state index in [1.54, 1.807) is 6.20 Å². The molecule has 0 unspecified atom stereocenters. The van der Waals surface area contributed by atoms with Crippen LogP contribution in [0.2, 0.25) is 5.02 Å². The SMILES string of the molecule is O=c1[nH]c(N2CCCC2)nc2nn(-c3ccc(F)cc3Cl)cc12. The lowest BCUT2D eigenvalue weighted by atomic mass is 10.3. The molecule has 1 fully saturated rings. The van der Waals surface area contributed by atoms with Gasteiger partial charge in [0.2, 0.25) is 5.95 Å². The molecule has 0 radical (unpaired) electrons. The van der Waals surface area contributed by atoms with Gasteiger partial charge in [-0.25, -0.2) is 9.07 Å². The third-order valence-corrected chi connectivity index (χ3v) is 4.24. The number of nitrogens with one attached hydrogen (secondary N) is 1. The van der Waals surface area contributed by atoms with Crippen molar-refractivity contribution >= 4 is 28.6 Å². The van der Waals surface area contributed by atoms with Gasteiger partial charge in [-0.2, -0.15) is 4.98 Å². The Balaban J connectivity index is 1.84. The van der Waals surface area contributed by atoms with E-state index in [-0.39, 0.29) is 10.6 Å². The molecule has 0 spiro atoms. The van der Waals surface area contributed by atoms with Gasteiger partial charge < -0.3 is 4.90 Å². The topological polar surface area (TPSA) is 66.8 Å². The second kappa shape index (κ2) is 5.34. The number of benzene rings is 1. The van der Waals surface area contributed by atoms with Crippen LogP contribution in [0.1, 0.15) is 12.8 Å². The second-order valence-electron chi connectivity index (χ2n) is 5.49. The molecule has 1 aromatic carbocycles. The summed E-state index contributed by atoms with van der Waals surface area (Å²) >= 11 is 6.05. The van der Waals surface area contributed by atoms with Crippen LogP contribution in [0, 0.1) is 5.82 Å². The van der Waals surface area contributed by atoms with E-state index >= 15 is 0 Å². The van der Waals surface area contributed by atoms with Crippen molar-refractivity contribution in [1.29, 1.82) is 0 Å². The van der Waals surface area contributed by atoms with Crippen molar-refractivity contribution in [3.05, 3.63) is 45.6 Å². The molecule has 1 N–H and O–H groups in total. The first-order valence-electron chi connectivity index (χ1n) is 7.32. The molecule has 118 valence electrons. The fourth-order valence-electron chi connectivity index (χ4n) is 2.77. The first-order valence-corrected chi connectivity index (χ1v) is 7.70. The molecule has 1 aliphatic rings. The minimum absolute atomic E-state index is 0.217. The largest absolute Gasteiger partial charge is 0.342 e. The van der Waals surface area contributed by atoms with Gasteiger partial charge in [0, 0.05) is 19.3 Å². The van der Waals surface area contributed by atoms with E-state index in [0.29, 0.717) is 22.7 Å². The van der Waals surface area contributed by atoms with Crippen LogP contribution in [0.25, 0.3) is 16.7 Å². The lowest BCUT2D eigenvalue weighted by Crippen LogP contribution is -2.23. The van der Waals surface area contributed by atoms with E-state index in [1.807, 2.05) is 4.90 Å².